The van der Waals surface area contributed by atoms with Crippen LogP contribution in [0.2, 0.25) is 0 Å². The Balaban J connectivity index is 1.68. The number of aliphatic hydroxyl groups excluding tert-OH is 4. The number of hydrazone groups is 1. The van der Waals surface area contributed by atoms with Crippen molar-refractivity contribution >= 4 is 11.6 Å². The fraction of sp³-hybridized carbons (Fsp3) is 0.227. The molecule has 0 aliphatic heterocycles. The number of rotatable bonds is 8. The predicted molar refractivity (Wildman–Crippen MR) is 114 cm³/mol. The number of aliphatic hydroxyl groups is 4. The van der Waals surface area contributed by atoms with E-state index in [1.807, 2.05) is 36.4 Å². The largest absolute Gasteiger partial charge is 0.394 e. The van der Waals surface area contributed by atoms with Crippen LogP contribution >= 0.6 is 0 Å². The van der Waals surface area contributed by atoms with E-state index in [0.29, 0.717) is 11.3 Å². The SMILES string of the molecule is C/C(=N\NC(=O)c1cccc(-c2ccccc2)c1)c1ncc([C@@H](O)[C@H](O)[C@H](O)CO)[nH]1. The van der Waals surface area contributed by atoms with Crippen LogP contribution in [-0.2, 0) is 0 Å². The molecule has 3 aromatic rings. The van der Waals surface area contributed by atoms with Crippen molar-refractivity contribution in [3.05, 3.63) is 77.9 Å². The summed E-state index contributed by atoms with van der Waals surface area (Å²) in [6.45, 7) is 0.909. The Morgan fingerprint density at radius 3 is 2.52 bits per heavy atom. The molecule has 0 fully saturated rings. The first kappa shape index (κ1) is 22.3. The lowest BCUT2D eigenvalue weighted by Crippen LogP contribution is -2.34. The lowest BCUT2D eigenvalue weighted by Gasteiger charge is -2.20. The van der Waals surface area contributed by atoms with Gasteiger partial charge in [0, 0.05) is 5.56 Å². The number of hydrogen-bond acceptors (Lipinski definition) is 7. The highest BCUT2D eigenvalue weighted by Gasteiger charge is 2.27. The average molecular weight is 424 g/mol. The number of carbonyl (C=O) groups is 1. The van der Waals surface area contributed by atoms with Gasteiger partial charge >= 0.3 is 0 Å². The molecule has 0 radical (unpaired) electrons. The summed E-state index contributed by atoms with van der Waals surface area (Å²) in [6.07, 6.45) is -3.29. The van der Waals surface area contributed by atoms with Crippen LogP contribution in [0.4, 0.5) is 0 Å². The number of aromatic amines is 1. The Morgan fingerprint density at radius 1 is 1.10 bits per heavy atom. The van der Waals surface area contributed by atoms with Gasteiger partial charge in [-0.25, -0.2) is 10.4 Å². The summed E-state index contributed by atoms with van der Waals surface area (Å²) in [7, 11) is 0. The predicted octanol–water partition coefficient (Wildman–Crippen LogP) is 0.978. The second-order valence-corrected chi connectivity index (χ2v) is 6.96. The summed E-state index contributed by atoms with van der Waals surface area (Å²) in [5.74, 6) is -0.136. The van der Waals surface area contributed by atoms with Gasteiger partial charge in [0.15, 0.2) is 5.82 Å². The molecule has 3 atom stereocenters. The normalized spacial score (nSPS) is 14.7. The highest BCUT2D eigenvalue weighted by molar-refractivity contribution is 5.99. The molecule has 9 nitrogen and oxygen atoms in total. The van der Waals surface area contributed by atoms with Gasteiger partial charge in [-0.3, -0.25) is 4.79 Å². The Labute approximate surface area is 178 Å². The van der Waals surface area contributed by atoms with Crippen molar-refractivity contribution < 1.29 is 25.2 Å². The molecule has 0 aliphatic carbocycles. The molecule has 1 aromatic heterocycles. The summed E-state index contributed by atoms with van der Waals surface area (Å²) >= 11 is 0. The lowest BCUT2D eigenvalue weighted by atomic mass is 10.0. The van der Waals surface area contributed by atoms with Crippen LogP contribution in [0.5, 0.6) is 0 Å². The molecule has 0 aliphatic rings. The van der Waals surface area contributed by atoms with E-state index in [4.69, 9.17) is 5.11 Å². The number of carbonyl (C=O) groups excluding carboxylic acids is 1. The van der Waals surface area contributed by atoms with Crippen molar-refractivity contribution in [3.8, 4) is 11.1 Å². The van der Waals surface area contributed by atoms with Gasteiger partial charge in [-0.15, -0.1) is 0 Å². The summed E-state index contributed by atoms with van der Waals surface area (Å²) in [5.41, 5.74) is 5.27. The van der Waals surface area contributed by atoms with Crippen molar-refractivity contribution in [2.75, 3.05) is 6.61 Å². The minimum absolute atomic E-state index is 0.131. The standard InChI is InChI=1S/C22H24N4O5/c1-13(21-23-11-17(24-21)19(29)20(30)18(28)12-27)25-26-22(31)16-9-5-8-15(10-16)14-6-3-2-4-7-14/h2-11,18-20,27-30H,12H2,1H3,(H,23,24)(H,26,31)/b25-13+/t18-,19-,20-/m1/s1. The van der Waals surface area contributed by atoms with Gasteiger partial charge < -0.3 is 25.4 Å². The minimum Gasteiger partial charge on any atom is -0.394 e. The maximum atomic E-state index is 12.5. The summed E-state index contributed by atoms with van der Waals surface area (Å²) < 4.78 is 0. The molecule has 31 heavy (non-hydrogen) atoms. The van der Waals surface area contributed by atoms with Crippen LogP contribution in [0.3, 0.4) is 0 Å². The topological polar surface area (TPSA) is 151 Å². The minimum atomic E-state index is -1.59. The Bertz CT molecular complexity index is 1050. The van der Waals surface area contributed by atoms with E-state index in [-0.39, 0.29) is 11.5 Å². The molecule has 6 N–H and O–H groups in total. The van der Waals surface area contributed by atoms with Gasteiger partial charge in [0.05, 0.1) is 18.5 Å². The van der Waals surface area contributed by atoms with Gasteiger partial charge in [-0.1, -0.05) is 42.5 Å². The van der Waals surface area contributed by atoms with Crippen LogP contribution in [0.25, 0.3) is 11.1 Å². The van der Waals surface area contributed by atoms with Crippen LogP contribution in [0, 0.1) is 0 Å². The number of nitrogens with one attached hydrogen (secondary N) is 2. The number of nitrogens with zero attached hydrogens (tertiary/aromatic N) is 2. The van der Waals surface area contributed by atoms with Gasteiger partial charge in [0.1, 0.15) is 24.0 Å². The summed E-state index contributed by atoms with van der Waals surface area (Å²) in [6, 6.07) is 16.8. The fourth-order valence-electron chi connectivity index (χ4n) is 2.89. The summed E-state index contributed by atoms with van der Waals surface area (Å²) in [4.78, 5) is 19.3. The monoisotopic (exact) mass is 424 g/mol. The number of amides is 1. The van der Waals surface area contributed by atoms with Gasteiger partial charge in [-0.2, -0.15) is 5.10 Å². The van der Waals surface area contributed by atoms with Crippen molar-refractivity contribution in [3.63, 3.8) is 0 Å². The fourth-order valence-corrected chi connectivity index (χ4v) is 2.89. The molecular weight excluding hydrogens is 400 g/mol. The smallest absolute Gasteiger partial charge is 0.271 e. The van der Waals surface area contributed by atoms with Crippen molar-refractivity contribution in [2.24, 2.45) is 5.10 Å². The molecular formula is C22H24N4O5. The molecule has 3 rings (SSSR count). The van der Waals surface area contributed by atoms with E-state index in [1.54, 1.807) is 25.1 Å². The van der Waals surface area contributed by atoms with Gasteiger partial charge in [0.25, 0.3) is 5.91 Å². The maximum Gasteiger partial charge on any atom is 0.271 e. The van der Waals surface area contributed by atoms with Crippen molar-refractivity contribution in [2.45, 2.75) is 25.2 Å². The highest BCUT2D eigenvalue weighted by Crippen LogP contribution is 2.20. The zero-order valence-electron chi connectivity index (χ0n) is 16.8. The number of benzene rings is 2. The third kappa shape index (κ3) is 5.41. The lowest BCUT2D eigenvalue weighted by molar-refractivity contribution is -0.0788. The maximum absolute atomic E-state index is 12.5. The van der Waals surface area contributed by atoms with E-state index >= 15 is 0 Å². The molecule has 9 heteroatoms. The van der Waals surface area contributed by atoms with Gasteiger partial charge in [-0.05, 0) is 30.2 Å². The second kappa shape index (κ2) is 10.1. The van der Waals surface area contributed by atoms with E-state index in [0.717, 1.165) is 11.1 Å². The Kier molecular flexibility index (Phi) is 7.27. The van der Waals surface area contributed by atoms with E-state index in [9.17, 15) is 20.1 Å². The molecule has 0 spiro atoms. The Hall–Kier alpha value is -3.37. The van der Waals surface area contributed by atoms with E-state index < -0.39 is 30.8 Å². The third-order valence-corrected chi connectivity index (χ3v) is 4.72. The van der Waals surface area contributed by atoms with Crippen LogP contribution in [0.15, 0.2) is 65.9 Å². The average Bonchev–Trinajstić information content (AvgIpc) is 3.32. The molecule has 2 aromatic carbocycles. The van der Waals surface area contributed by atoms with E-state index in [1.165, 1.54) is 6.20 Å². The van der Waals surface area contributed by atoms with Gasteiger partial charge in [0.2, 0.25) is 0 Å². The summed E-state index contributed by atoms with van der Waals surface area (Å²) in [5, 5.41) is 42.2. The molecule has 162 valence electrons. The van der Waals surface area contributed by atoms with Crippen LogP contribution in [-0.4, -0.2) is 60.8 Å². The second-order valence-electron chi connectivity index (χ2n) is 6.96. The first-order valence-electron chi connectivity index (χ1n) is 9.61. The molecule has 0 saturated carbocycles. The number of H-pyrrole nitrogens is 1. The number of hydrogen-bond donors (Lipinski definition) is 6. The van der Waals surface area contributed by atoms with Crippen LogP contribution < -0.4 is 5.43 Å². The zero-order chi connectivity index (χ0) is 22.4. The molecule has 0 unspecified atom stereocenters. The molecule has 1 amide bonds. The first-order chi connectivity index (χ1) is 14.9. The highest BCUT2D eigenvalue weighted by atomic mass is 16.4. The number of aromatic nitrogens is 2. The zero-order valence-corrected chi connectivity index (χ0v) is 16.8. The molecule has 0 bridgehead atoms. The van der Waals surface area contributed by atoms with Crippen LogP contribution in [0.1, 0.15) is 34.9 Å². The first-order valence-corrected chi connectivity index (χ1v) is 9.61. The molecule has 0 saturated heterocycles. The quantitative estimate of drug-likeness (QED) is 0.234. The Morgan fingerprint density at radius 2 is 1.81 bits per heavy atom. The molecule has 1 heterocycles. The van der Waals surface area contributed by atoms with Crippen molar-refractivity contribution in [1.29, 1.82) is 0 Å². The third-order valence-electron chi connectivity index (χ3n) is 4.72. The van der Waals surface area contributed by atoms with Crippen molar-refractivity contribution in [1.82, 2.24) is 15.4 Å². The number of imidazole rings is 1. The van der Waals surface area contributed by atoms with E-state index in [2.05, 4.69) is 20.5 Å².